The summed E-state index contributed by atoms with van der Waals surface area (Å²) in [6.07, 6.45) is 1.36. The van der Waals surface area contributed by atoms with E-state index in [1.54, 1.807) is 18.2 Å². The molecule has 100 valence electrons. The van der Waals surface area contributed by atoms with Gasteiger partial charge in [-0.25, -0.2) is 4.98 Å². The van der Waals surface area contributed by atoms with E-state index < -0.39 is 0 Å². The molecule has 1 heterocycles. The number of aromatic nitrogens is 2. The molecule has 2 aromatic rings. The molecule has 0 fully saturated rings. The van der Waals surface area contributed by atoms with Crippen LogP contribution >= 0.6 is 11.6 Å². The molecule has 1 aromatic heterocycles. The van der Waals surface area contributed by atoms with Crippen LogP contribution in [0.4, 0.5) is 5.69 Å². The van der Waals surface area contributed by atoms with Gasteiger partial charge in [-0.1, -0.05) is 6.07 Å². The van der Waals surface area contributed by atoms with Crippen molar-refractivity contribution in [2.75, 3.05) is 12.8 Å². The Bertz CT molecular complexity index is 592. The summed E-state index contributed by atoms with van der Waals surface area (Å²) in [5, 5.41) is 9.10. The number of benzene rings is 1. The average molecular weight is 282 g/mol. The van der Waals surface area contributed by atoms with Crippen LogP contribution in [0.25, 0.3) is 0 Å². The number of aliphatic hydroxyl groups excluding tert-OH is 1. The van der Waals surface area contributed by atoms with Gasteiger partial charge < -0.3 is 20.3 Å². The lowest BCUT2D eigenvalue weighted by atomic mass is 10.2. The molecule has 0 saturated heterocycles. The van der Waals surface area contributed by atoms with Crippen molar-refractivity contribution >= 4 is 17.3 Å². The van der Waals surface area contributed by atoms with Crippen molar-refractivity contribution in [2.24, 2.45) is 0 Å². The predicted molar refractivity (Wildman–Crippen MR) is 70.4 cm³/mol. The number of methoxy groups -OCH3 is 1. The molecular formula is C12H12ClN3O3. The minimum atomic E-state index is -0.0852. The van der Waals surface area contributed by atoms with Crippen molar-refractivity contribution < 1.29 is 14.6 Å². The molecule has 0 bridgehead atoms. The maximum atomic E-state index is 9.06. The van der Waals surface area contributed by atoms with Crippen molar-refractivity contribution in [1.29, 1.82) is 0 Å². The summed E-state index contributed by atoms with van der Waals surface area (Å²) in [6, 6.07) is 5.02. The second-order valence-electron chi connectivity index (χ2n) is 3.64. The second kappa shape index (κ2) is 5.73. The third-order valence-electron chi connectivity index (χ3n) is 2.37. The Morgan fingerprint density at radius 2 is 2.16 bits per heavy atom. The lowest BCUT2D eigenvalue weighted by Gasteiger charge is -2.11. The molecule has 0 aliphatic carbocycles. The number of hydrogen-bond donors (Lipinski definition) is 2. The SMILES string of the molecule is COc1cc(CO)ccc1Oc1nc(Cl)ncc1N. The first kappa shape index (κ1) is 13.4. The number of halogens is 1. The fourth-order valence-corrected chi connectivity index (χ4v) is 1.56. The van der Waals surface area contributed by atoms with Gasteiger partial charge in [-0.05, 0) is 29.3 Å². The Hall–Kier alpha value is -2.05. The number of ether oxygens (including phenoxy) is 2. The molecule has 6 nitrogen and oxygen atoms in total. The van der Waals surface area contributed by atoms with Gasteiger partial charge in [0.15, 0.2) is 11.5 Å². The topological polar surface area (TPSA) is 90.5 Å². The fourth-order valence-electron chi connectivity index (χ4n) is 1.44. The molecule has 7 heteroatoms. The zero-order valence-electron chi connectivity index (χ0n) is 10.1. The molecule has 0 unspecified atom stereocenters. The van der Waals surface area contributed by atoms with Gasteiger partial charge in [0.25, 0.3) is 0 Å². The first-order valence-electron chi connectivity index (χ1n) is 5.37. The molecule has 0 saturated carbocycles. The van der Waals surface area contributed by atoms with Crippen molar-refractivity contribution in [3.05, 3.63) is 35.2 Å². The van der Waals surface area contributed by atoms with Gasteiger partial charge in [0.1, 0.15) is 5.69 Å². The quantitative estimate of drug-likeness (QED) is 0.833. The lowest BCUT2D eigenvalue weighted by Crippen LogP contribution is -1.99. The number of aliphatic hydroxyl groups is 1. The third kappa shape index (κ3) is 3.04. The highest BCUT2D eigenvalue weighted by molar-refractivity contribution is 6.28. The molecule has 0 aliphatic heterocycles. The van der Waals surface area contributed by atoms with Gasteiger partial charge in [0.2, 0.25) is 11.2 Å². The van der Waals surface area contributed by atoms with Crippen LogP contribution in [0.2, 0.25) is 5.28 Å². The van der Waals surface area contributed by atoms with Crippen LogP contribution in [-0.4, -0.2) is 22.2 Å². The van der Waals surface area contributed by atoms with Crippen LogP contribution in [0.5, 0.6) is 17.4 Å². The monoisotopic (exact) mass is 281 g/mol. The highest BCUT2D eigenvalue weighted by atomic mass is 35.5. The summed E-state index contributed by atoms with van der Waals surface area (Å²) in [5.41, 5.74) is 6.66. The highest BCUT2D eigenvalue weighted by Crippen LogP contribution is 2.33. The Kier molecular flexibility index (Phi) is 4.03. The maximum absolute atomic E-state index is 9.06. The van der Waals surface area contributed by atoms with Crippen LogP contribution in [0.3, 0.4) is 0 Å². The number of nitrogens with two attached hydrogens (primary N) is 1. The van der Waals surface area contributed by atoms with Crippen LogP contribution in [0.1, 0.15) is 5.56 Å². The van der Waals surface area contributed by atoms with E-state index in [2.05, 4.69) is 9.97 Å². The molecule has 0 amide bonds. The van der Waals surface area contributed by atoms with Gasteiger partial charge in [-0.3, -0.25) is 0 Å². The smallest absolute Gasteiger partial charge is 0.247 e. The van der Waals surface area contributed by atoms with Crippen LogP contribution < -0.4 is 15.2 Å². The van der Waals surface area contributed by atoms with E-state index in [0.29, 0.717) is 17.1 Å². The fraction of sp³-hybridized carbons (Fsp3) is 0.167. The van der Waals surface area contributed by atoms with Gasteiger partial charge in [-0.15, -0.1) is 0 Å². The Balaban J connectivity index is 2.35. The first-order valence-corrected chi connectivity index (χ1v) is 5.75. The predicted octanol–water partition coefficient (Wildman–Crippen LogP) is 2.01. The van der Waals surface area contributed by atoms with Gasteiger partial charge in [0, 0.05) is 0 Å². The van der Waals surface area contributed by atoms with E-state index in [9.17, 15) is 0 Å². The largest absolute Gasteiger partial charge is 0.493 e. The third-order valence-corrected chi connectivity index (χ3v) is 2.55. The second-order valence-corrected chi connectivity index (χ2v) is 3.98. The molecule has 0 radical (unpaired) electrons. The number of hydrogen-bond acceptors (Lipinski definition) is 6. The Labute approximate surface area is 114 Å². The van der Waals surface area contributed by atoms with Crippen molar-refractivity contribution in [3.8, 4) is 17.4 Å². The lowest BCUT2D eigenvalue weighted by molar-refractivity contribution is 0.280. The van der Waals surface area contributed by atoms with Crippen LogP contribution in [0, 0.1) is 0 Å². The number of anilines is 1. The zero-order chi connectivity index (χ0) is 13.8. The molecule has 2 rings (SSSR count). The standard InChI is InChI=1S/C12H12ClN3O3/c1-18-10-4-7(6-17)2-3-9(10)19-11-8(14)5-15-12(13)16-11/h2-5,17H,6,14H2,1H3. The average Bonchev–Trinajstić information content (AvgIpc) is 2.43. The van der Waals surface area contributed by atoms with Crippen LogP contribution in [-0.2, 0) is 6.61 Å². The summed E-state index contributed by atoms with van der Waals surface area (Å²) < 4.78 is 10.7. The summed E-state index contributed by atoms with van der Waals surface area (Å²) in [5.74, 6) is 1.02. The van der Waals surface area contributed by atoms with E-state index in [4.69, 9.17) is 31.9 Å². The maximum Gasteiger partial charge on any atom is 0.247 e. The summed E-state index contributed by atoms with van der Waals surface area (Å²) in [7, 11) is 1.50. The highest BCUT2D eigenvalue weighted by Gasteiger charge is 2.11. The normalized spacial score (nSPS) is 10.3. The molecule has 3 N–H and O–H groups in total. The Morgan fingerprint density at radius 3 is 2.84 bits per heavy atom. The minimum Gasteiger partial charge on any atom is -0.493 e. The van der Waals surface area contributed by atoms with Crippen LogP contribution in [0.15, 0.2) is 24.4 Å². The molecule has 0 spiro atoms. The molecular weight excluding hydrogens is 270 g/mol. The van der Waals surface area contributed by atoms with E-state index in [0.717, 1.165) is 0 Å². The van der Waals surface area contributed by atoms with Gasteiger partial charge in [0.05, 0.1) is 19.9 Å². The summed E-state index contributed by atoms with van der Waals surface area (Å²) >= 11 is 5.68. The van der Waals surface area contributed by atoms with E-state index >= 15 is 0 Å². The number of nitrogen functional groups attached to an aromatic ring is 1. The summed E-state index contributed by atoms with van der Waals surface area (Å²) in [4.78, 5) is 7.62. The molecule has 19 heavy (non-hydrogen) atoms. The van der Waals surface area contributed by atoms with E-state index in [-0.39, 0.29) is 23.5 Å². The van der Waals surface area contributed by atoms with Crippen molar-refractivity contribution in [2.45, 2.75) is 6.61 Å². The molecule has 0 atom stereocenters. The Morgan fingerprint density at radius 1 is 1.37 bits per heavy atom. The molecule has 1 aromatic carbocycles. The minimum absolute atomic E-state index is 0.0372. The van der Waals surface area contributed by atoms with Gasteiger partial charge >= 0.3 is 0 Å². The van der Waals surface area contributed by atoms with Crippen molar-refractivity contribution in [3.63, 3.8) is 0 Å². The summed E-state index contributed by atoms with van der Waals surface area (Å²) in [6.45, 7) is -0.0852. The van der Waals surface area contributed by atoms with Gasteiger partial charge in [-0.2, -0.15) is 4.98 Å². The number of nitrogens with zero attached hydrogens (tertiary/aromatic N) is 2. The van der Waals surface area contributed by atoms with E-state index in [1.807, 2.05) is 0 Å². The first-order chi connectivity index (χ1) is 9.13. The van der Waals surface area contributed by atoms with E-state index in [1.165, 1.54) is 13.3 Å². The number of rotatable bonds is 4. The zero-order valence-corrected chi connectivity index (χ0v) is 10.9. The molecule has 0 aliphatic rings. The van der Waals surface area contributed by atoms with Crippen molar-refractivity contribution in [1.82, 2.24) is 9.97 Å².